The molecule has 19 heavy (non-hydrogen) atoms. The molecular weight excluding hydrogens is 294 g/mol. The van der Waals surface area contributed by atoms with Crippen molar-refractivity contribution < 1.29 is 0 Å². The van der Waals surface area contributed by atoms with Crippen molar-refractivity contribution in [3.8, 4) is 6.07 Å². The number of thioether (sulfide) groups is 1. The Balaban J connectivity index is 2.32. The topological polar surface area (TPSA) is 23.8 Å². The number of rotatable bonds is 4. The van der Waals surface area contributed by atoms with Crippen molar-refractivity contribution in [3.63, 3.8) is 0 Å². The summed E-state index contributed by atoms with van der Waals surface area (Å²) in [6.45, 7) is 2.09. The highest BCUT2D eigenvalue weighted by atomic mass is 35.5. The van der Waals surface area contributed by atoms with E-state index in [1.54, 1.807) is 23.5 Å². The molecule has 0 unspecified atom stereocenters. The summed E-state index contributed by atoms with van der Waals surface area (Å²) in [5.74, 6) is 0.962. The van der Waals surface area contributed by atoms with Crippen LogP contribution in [0.5, 0.6) is 0 Å². The van der Waals surface area contributed by atoms with Crippen molar-refractivity contribution >= 4 is 35.1 Å². The average molecular weight is 306 g/mol. The number of nitrogens with zero attached hydrogens (tertiary/aromatic N) is 1. The van der Waals surface area contributed by atoms with Crippen molar-refractivity contribution in [2.75, 3.05) is 5.75 Å². The van der Waals surface area contributed by atoms with Gasteiger partial charge in [-0.2, -0.15) is 5.26 Å². The quantitative estimate of drug-likeness (QED) is 0.699. The normalized spacial score (nSPS) is 10.2. The summed E-state index contributed by atoms with van der Waals surface area (Å²) < 4.78 is 0. The zero-order valence-corrected chi connectivity index (χ0v) is 12.8. The first kappa shape index (κ1) is 14.3. The van der Waals surface area contributed by atoms with Gasteiger partial charge >= 0.3 is 0 Å². The van der Waals surface area contributed by atoms with Crippen LogP contribution in [0, 0.1) is 11.3 Å². The zero-order valence-electron chi connectivity index (χ0n) is 10.4. The van der Waals surface area contributed by atoms with E-state index in [-0.39, 0.29) is 0 Å². The molecule has 0 bridgehead atoms. The second-order valence-corrected chi connectivity index (χ2v) is 6.59. The van der Waals surface area contributed by atoms with Gasteiger partial charge in [-0.05, 0) is 42.2 Å². The number of hydrogen-bond donors (Lipinski definition) is 0. The van der Waals surface area contributed by atoms with Crippen LogP contribution < -0.4 is 0 Å². The summed E-state index contributed by atoms with van der Waals surface area (Å²) in [5.41, 5.74) is 0.759. The second-order valence-electron chi connectivity index (χ2n) is 3.73. The molecule has 2 aromatic carbocycles. The Morgan fingerprint density at radius 2 is 1.79 bits per heavy atom. The molecule has 0 saturated carbocycles. The monoisotopic (exact) mass is 305 g/mol. The van der Waals surface area contributed by atoms with Gasteiger partial charge in [0, 0.05) is 19.7 Å². The van der Waals surface area contributed by atoms with Crippen molar-refractivity contribution in [2.24, 2.45) is 0 Å². The van der Waals surface area contributed by atoms with Gasteiger partial charge in [0.15, 0.2) is 0 Å². The van der Waals surface area contributed by atoms with E-state index in [1.165, 1.54) is 0 Å². The standard InChI is InChI=1S/C15H12ClNS2/c1-2-18-14-4-3-5-15(13(14)10-17)19-12-8-6-11(16)7-9-12/h3-9H,2H2,1H3. The Morgan fingerprint density at radius 3 is 2.42 bits per heavy atom. The molecule has 0 amide bonds. The largest absolute Gasteiger partial charge is 0.192 e. The first-order valence-electron chi connectivity index (χ1n) is 5.84. The minimum absolute atomic E-state index is 0.722. The van der Waals surface area contributed by atoms with E-state index in [1.807, 2.05) is 42.5 Å². The van der Waals surface area contributed by atoms with Crippen molar-refractivity contribution in [2.45, 2.75) is 21.6 Å². The zero-order chi connectivity index (χ0) is 13.7. The Labute approximate surface area is 127 Å². The predicted octanol–water partition coefficient (Wildman–Crippen LogP) is 5.47. The van der Waals surface area contributed by atoms with Gasteiger partial charge in [-0.25, -0.2) is 0 Å². The van der Waals surface area contributed by atoms with Gasteiger partial charge in [-0.3, -0.25) is 0 Å². The highest BCUT2D eigenvalue weighted by Crippen LogP contribution is 2.35. The molecule has 2 rings (SSSR count). The van der Waals surface area contributed by atoms with E-state index in [4.69, 9.17) is 11.6 Å². The minimum Gasteiger partial charge on any atom is -0.192 e. The third-order valence-electron chi connectivity index (χ3n) is 2.44. The lowest BCUT2D eigenvalue weighted by molar-refractivity contribution is 1.25. The van der Waals surface area contributed by atoms with E-state index in [0.717, 1.165) is 31.0 Å². The fourth-order valence-corrected chi connectivity index (χ4v) is 3.52. The summed E-state index contributed by atoms with van der Waals surface area (Å²) in [4.78, 5) is 3.12. The number of benzene rings is 2. The predicted molar refractivity (Wildman–Crippen MR) is 83.1 cm³/mol. The van der Waals surface area contributed by atoms with E-state index in [9.17, 15) is 5.26 Å². The van der Waals surface area contributed by atoms with Crippen LogP contribution in [0.4, 0.5) is 0 Å². The van der Waals surface area contributed by atoms with E-state index < -0.39 is 0 Å². The summed E-state index contributed by atoms with van der Waals surface area (Å²) in [5, 5.41) is 10.1. The van der Waals surface area contributed by atoms with Gasteiger partial charge in [0.1, 0.15) is 6.07 Å². The van der Waals surface area contributed by atoms with Gasteiger partial charge in [0.05, 0.1) is 5.56 Å². The maximum absolute atomic E-state index is 9.35. The number of halogens is 1. The molecule has 0 aliphatic carbocycles. The molecule has 1 nitrogen and oxygen atoms in total. The molecule has 0 atom stereocenters. The minimum atomic E-state index is 0.722. The Hall–Kier alpha value is -1.08. The van der Waals surface area contributed by atoms with E-state index in [0.29, 0.717) is 0 Å². The SMILES string of the molecule is CCSc1cccc(Sc2ccc(Cl)cc2)c1C#N. The first-order chi connectivity index (χ1) is 9.24. The molecule has 0 spiro atoms. The fourth-order valence-electron chi connectivity index (χ4n) is 1.61. The lowest BCUT2D eigenvalue weighted by Gasteiger charge is -2.08. The molecule has 2 aromatic rings. The van der Waals surface area contributed by atoms with Crippen LogP contribution in [-0.2, 0) is 0 Å². The highest BCUT2D eigenvalue weighted by Gasteiger charge is 2.09. The smallest absolute Gasteiger partial charge is 0.101 e. The summed E-state index contributed by atoms with van der Waals surface area (Å²) in [6, 6.07) is 15.9. The maximum Gasteiger partial charge on any atom is 0.101 e. The molecule has 0 fully saturated rings. The Kier molecular flexibility index (Phi) is 5.21. The van der Waals surface area contributed by atoms with Gasteiger partial charge < -0.3 is 0 Å². The second kappa shape index (κ2) is 6.91. The highest BCUT2D eigenvalue weighted by molar-refractivity contribution is 8.00. The van der Waals surface area contributed by atoms with Crippen LogP contribution in [0.1, 0.15) is 12.5 Å². The fraction of sp³-hybridized carbons (Fsp3) is 0.133. The van der Waals surface area contributed by atoms with Crippen molar-refractivity contribution in [3.05, 3.63) is 53.1 Å². The van der Waals surface area contributed by atoms with Crippen LogP contribution in [0.2, 0.25) is 5.02 Å². The number of hydrogen-bond acceptors (Lipinski definition) is 3. The van der Waals surface area contributed by atoms with Crippen LogP contribution in [-0.4, -0.2) is 5.75 Å². The first-order valence-corrected chi connectivity index (χ1v) is 8.02. The molecule has 0 aromatic heterocycles. The molecule has 4 heteroatoms. The van der Waals surface area contributed by atoms with Crippen LogP contribution in [0.25, 0.3) is 0 Å². The van der Waals surface area contributed by atoms with Gasteiger partial charge in [0.25, 0.3) is 0 Å². The van der Waals surface area contributed by atoms with Crippen LogP contribution in [0.3, 0.4) is 0 Å². The van der Waals surface area contributed by atoms with Crippen molar-refractivity contribution in [1.82, 2.24) is 0 Å². The third kappa shape index (κ3) is 3.70. The third-order valence-corrected chi connectivity index (χ3v) is 4.70. The molecule has 0 radical (unpaired) electrons. The Bertz CT molecular complexity index is 603. The maximum atomic E-state index is 9.35. The lowest BCUT2D eigenvalue weighted by Crippen LogP contribution is -1.86. The summed E-state index contributed by atoms with van der Waals surface area (Å²) in [7, 11) is 0. The van der Waals surface area contributed by atoms with E-state index in [2.05, 4.69) is 13.0 Å². The molecule has 0 N–H and O–H groups in total. The molecule has 0 aliphatic heterocycles. The van der Waals surface area contributed by atoms with E-state index >= 15 is 0 Å². The molecule has 96 valence electrons. The summed E-state index contributed by atoms with van der Waals surface area (Å²) in [6.07, 6.45) is 0. The summed E-state index contributed by atoms with van der Waals surface area (Å²) >= 11 is 9.16. The van der Waals surface area contributed by atoms with Gasteiger partial charge in [-0.15, -0.1) is 11.8 Å². The van der Waals surface area contributed by atoms with Gasteiger partial charge in [-0.1, -0.05) is 36.4 Å². The Morgan fingerprint density at radius 1 is 1.11 bits per heavy atom. The van der Waals surface area contributed by atoms with Crippen LogP contribution in [0.15, 0.2) is 57.2 Å². The average Bonchev–Trinajstić information content (AvgIpc) is 2.42. The van der Waals surface area contributed by atoms with Gasteiger partial charge in [0.2, 0.25) is 0 Å². The number of nitriles is 1. The molecule has 0 saturated heterocycles. The molecular formula is C15H12ClNS2. The molecule has 0 heterocycles. The molecule has 0 aliphatic rings. The van der Waals surface area contributed by atoms with Crippen LogP contribution >= 0.6 is 35.1 Å². The lowest BCUT2D eigenvalue weighted by atomic mass is 10.2. The van der Waals surface area contributed by atoms with Crippen molar-refractivity contribution in [1.29, 1.82) is 5.26 Å².